The van der Waals surface area contributed by atoms with Crippen LogP contribution in [0.15, 0.2) is 72.8 Å². The van der Waals surface area contributed by atoms with Crippen LogP contribution in [0, 0.1) is 17.1 Å². The number of hydrogen-bond acceptors (Lipinski definition) is 7. The smallest absolute Gasteiger partial charge is 0.331 e. The number of rotatable bonds is 12. The monoisotopic (exact) mass is 518 g/mol. The molecule has 3 rings (SSSR count). The Bertz CT molecular complexity index is 1320. The predicted molar refractivity (Wildman–Crippen MR) is 139 cm³/mol. The van der Waals surface area contributed by atoms with Gasteiger partial charge in [0.15, 0.2) is 17.6 Å². The van der Waals surface area contributed by atoms with Crippen molar-refractivity contribution in [2.45, 2.75) is 20.0 Å². The van der Waals surface area contributed by atoms with Crippen molar-refractivity contribution in [2.24, 2.45) is 0 Å². The molecule has 8 nitrogen and oxygen atoms in total. The SMILES string of the molecule is CCOc1cc(/C=C/C(=O)O[C@H](C)C(=O)Nc2cccc(C#N)c2)ccc1OCCOc1ccc(F)cc1. The number of ether oxygens (including phenoxy) is 4. The van der Waals surface area contributed by atoms with Crippen molar-refractivity contribution < 1.29 is 32.9 Å². The first-order chi connectivity index (χ1) is 18.4. The van der Waals surface area contributed by atoms with E-state index >= 15 is 0 Å². The Labute approximate surface area is 220 Å². The Balaban J connectivity index is 1.52. The van der Waals surface area contributed by atoms with Crippen molar-refractivity contribution in [3.05, 3.63) is 89.8 Å². The normalized spacial score (nSPS) is 11.3. The number of nitrogens with zero attached hydrogens (tertiary/aromatic N) is 1. The molecule has 0 aliphatic heterocycles. The summed E-state index contributed by atoms with van der Waals surface area (Å²) < 4.78 is 35.1. The van der Waals surface area contributed by atoms with Crippen LogP contribution in [0.2, 0.25) is 0 Å². The Kier molecular flexibility index (Phi) is 10.3. The Morgan fingerprint density at radius 3 is 2.50 bits per heavy atom. The lowest BCUT2D eigenvalue weighted by molar-refractivity contribution is -0.148. The summed E-state index contributed by atoms with van der Waals surface area (Å²) in [6.07, 6.45) is 1.69. The van der Waals surface area contributed by atoms with E-state index in [-0.39, 0.29) is 19.0 Å². The maximum Gasteiger partial charge on any atom is 0.331 e. The lowest BCUT2D eigenvalue weighted by Gasteiger charge is -2.13. The molecule has 0 unspecified atom stereocenters. The third-order valence-electron chi connectivity index (χ3n) is 5.02. The highest BCUT2D eigenvalue weighted by atomic mass is 19.1. The number of amides is 1. The lowest BCUT2D eigenvalue weighted by Crippen LogP contribution is -2.29. The molecule has 3 aromatic carbocycles. The fraction of sp³-hybridized carbons (Fsp3) is 0.207. The minimum absolute atomic E-state index is 0.236. The molecule has 0 saturated carbocycles. The van der Waals surface area contributed by atoms with E-state index in [1.807, 2.05) is 13.0 Å². The predicted octanol–water partition coefficient (Wildman–Crippen LogP) is 5.14. The number of hydrogen-bond donors (Lipinski definition) is 1. The molecule has 0 saturated heterocycles. The molecule has 3 aromatic rings. The highest BCUT2D eigenvalue weighted by Crippen LogP contribution is 2.29. The first-order valence-electron chi connectivity index (χ1n) is 11.9. The molecule has 38 heavy (non-hydrogen) atoms. The second kappa shape index (κ2) is 14.0. The molecule has 0 aliphatic carbocycles. The van der Waals surface area contributed by atoms with Gasteiger partial charge in [0.25, 0.3) is 5.91 Å². The fourth-order valence-electron chi connectivity index (χ4n) is 3.20. The van der Waals surface area contributed by atoms with Crippen molar-refractivity contribution >= 4 is 23.6 Å². The summed E-state index contributed by atoms with van der Waals surface area (Å²) in [5, 5.41) is 11.6. The third-order valence-corrected chi connectivity index (χ3v) is 5.02. The Morgan fingerprint density at radius 1 is 1.00 bits per heavy atom. The van der Waals surface area contributed by atoms with Gasteiger partial charge in [-0.3, -0.25) is 4.79 Å². The number of carbonyl (C=O) groups is 2. The topological polar surface area (TPSA) is 107 Å². The molecule has 1 atom stereocenters. The molecule has 0 bridgehead atoms. The first-order valence-corrected chi connectivity index (χ1v) is 11.9. The molecule has 9 heteroatoms. The summed E-state index contributed by atoms with van der Waals surface area (Å²) in [6.45, 7) is 4.18. The van der Waals surface area contributed by atoms with Crippen molar-refractivity contribution in [2.75, 3.05) is 25.1 Å². The Hall–Kier alpha value is -4.84. The zero-order valence-corrected chi connectivity index (χ0v) is 21.0. The van der Waals surface area contributed by atoms with Gasteiger partial charge in [0.05, 0.1) is 18.2 Å². The second-order valence-electron chi connectivity index (χ2n) is 7.88. The average Bonchev–Trinajstić information content (AvgIpc) is 2.92. The number of nitriles is 1. The quantitative estimate of drug-likeness (QED) is 0.201. The van der Waals surface area contributed by atoms with Crippen LogP contribution < -0.4 is 19.5 Å². The van der Waals surface area contributed by atoms with Gasteiger partial charge in [-0.25, -0.2) is 9.18 Å². The van der Waals surface area contributed by atoms with Crippen LogP contribution in [0.25, 0.3) is 6.08 Å². The van der Waals surface area contributed by atoms with E-state index in [4.69, 9.17) is 24.2 Å². The van der Waals surface area contributed by atoms with E-state index in [0.717, 1.165) is 0 Å². The van der Waals surface area contributed by atoms with Crippen LogP contribution in [0.3, 0.4) is 0 Å². The van der Waals surface area contributed by atoms with E-state index < -0.39 is 18.0 Å². The maximum absolute atomic E-state index is 13.0. The average molecular weight is 519 g/mol. The summed E-state index contributed by atoms with van der Waals surface area (Å²) in [4.78, 5) is 24.6. The number of benzene rings is 3. The van der Waals surface area contributed by atoms with Gasteiger partial charge in [0.1, 0.15) is 24.8 Å². The Morgan fingerprint density at radius 2 is 1.76 bits per heavy atom. The molecule has 0 heterocycles. The van der Waals surface area contributed by atoms with Crippen LogP contribution >= 0.6 is 0 Å². The number of esters is 1. The van der Waals surface area contributed by atoms with E-state index in [0.29, 0.717) is 40.7 Å². The number of anilines is 1. The molecule has 196 valence electrons. The zero-order chi connectivity index (χ0) is 27.3. The fourth-order valence-corrected chi connectivity index (χ4v) is 3.20. The van der Waals surface area contributed by atoms with Crippen molar-refractivity contribution in [1.29, 1.82) is 5.26 Å². The minimum Gasteiger partial charge on any atom is -0.490 e. The molecule has 0 radical (unpaired) electrons. The summed E-state index contributed by atoms with van der Waals surface area (Å²) in [5.41, 5.74) is 1.49. The summed E-state index contributed by atoms with van der Waals surface area (Å²) >= 11 is 0. The van der Waals surface area contributed by atoms with E-state index in [9.17, 15) is 14.0 Å². The lowest BCUT2D eigenvalue weighted by atomic mass is 10.2. The van der Waals surface area contributed by atoms with Crippen LogP contribution in [-0.2, 0) is 14.3 Å². The van der Waals surface area contributed by atoms with Crippen molar-refractivity contribution in [1.82, 2.24) is 0 Å². The van der Waals surface area contributed by atoms with Gasteiger partial charge in [-0.2, -0.15) is 5.26 Å². The van der Waals surface area contributed by atoms with Gasteiger partial charge in [0.2, 0.25) is 0 Å². The van der Waals surface area contributed by atoms with Gasteiger partial charge < -0.3 is 24.3 Å². The van der Waals surface area contributed by atoms with Crippen LogP contribution in [0.1, 0.15) is 25.0 Å². The molecular weight excluding hydrogens is 491 g/mol. The van der Waals surface area contributed by atoms with Gasteiger partial charge in [0, 0.05) is 11.8 Å². The van der Waals surface area contributed by atoms with Crippen LogP contribution in [-0.4, -0.2) is 37.8 Å². The molecule has 0 aliphatic rings. The number of carbonyl (C=O) groups excluding carboxylic acids is 2. The van der Waals surface area contributed by atoms with Gasteiger partial charge in [-0.05, 0) is 80.1 Å². The van der Waals surface area contributed by atoms with Crippen molar-refractivity contribution in [3.8, 4) is 23.3 Å². The van der Waals surface area contributed by atoms with E-state index in [2.05, 4.69) is 5.32 Å². The minimum atomic E-state index is -1.05. The van der Waals surface area contributed by atoms with Gasteiger partial charge in [-0.15, -0.1) is 0 Å². The standard InChI is InChI=1S/C29H27FN2O6/c1-3-35-27-18-21(7-13-26(27)37-16-15-36-25-11-9-23(30)10-12-25)8-14-28(33)38-20(2)29(34)32-24-6-4-5-22(17-24)19-31/h4-14,17-18,20H,3,15-16H2,1-2H3,(H,32,34)/b14-8+/t20-/m1/s1. The van der Waals surface area contributed by atoms with Crippen molar-refractivity contribution in [3.63, 3.8) is 0 Å². The maximum atomic E-state index is 13.0. The van der Waals surface area contributed by atoms with Gasteiger partial charge >= 0.3 is 5.97 Å². The number of halogens is 1. The molecule has 1 N–H and O–H groups in total. The number of nitrogens with one attached hydrogen (secondary N) is 1. The molecule has 0 fully saturated rings. The molecule has 1 amide bonds. The van der Waals surface area contributed by atoms with E-state index in [1.54, 1.807) is 36.4 Å². The summed E-state index contributed by atoms with van der Waals surface area (Å²) in [6, 6.07) is 19.3. The molecular formula is C29H27FN2O6. The zero-order valence-electron chi connectivity index (χ0n) is 21.0. The van der Waals surface area contributed by atoms with Crippen LogP contribution in [0.5, 0.6) is 17.2 Å². The van der Waals surface area contributed by atoms with Gasteiger partial charge in [-0.1, -0.05) is 12.1 Å². The third kappa shape index (κ3) is 8.68. The first kappa shape index (κ1) is 27.7. The summed E-state index contributed by atoms with van der Waals surface area (Å²) in [5.74, 6) is -0.0408. The highest BCUT2D eigenvalue weighted by Gasteiger charge is 2.17. The highest BCUT2D eigenvalue weighted by molar-refractivity contribution is 5.96. The second-order valence-corrected chi connectivity index (χ2v) is 7.88. The van der Waals surface area contributed by atoms with E-state index in [1.165, 1.54) is 49.4 Å². The van der Waals surface area contributed by atoms with Crippen LogP contribution in [0.4, 0.5) is 10.1 Å². The molecule has 0 spiro atoms. The summed E-state index contributed by atoms with van der Waals surface area (Å²) in [7, 11) is 0. The largest absolute Gasteiger partial charge is 0.490 e. The molecule has 0 aromatic heterocycles.